The number of nitrogens with one attached hydrogen (secondary N) is 1. The van der Waals surface area contributed by atoms with Gasteiger partial charge in [0.05, 0.1) is 7.11 Å². The molecule has 1 aromatic rings. The van der Waals surface area contributed by atoms with Crippen molar-refractivity contribution in [2.75, 3.05) is 14.2 Å². The molecule has 1 atom stereocenters. The monoisotopic (exact) mass is 306 g/mol. The molecule has 0 aliphatic carbocycles. The summed E-state index contributed by atoms with van der Waals surface area (Å²) in [5.41, 5.74) is 2.06. The zero-order valence-electron chi connectivity index (χ0n) is 14.3. The number of carbonyl (C=O) groups excluding carboxylic acids is 2. The Morgan fingerprint density at radius 1 is 1.32 bits per heavy atom. The van der Waals surface area contributed by atoms with Crippen molar-refractivity contribution >= 4 is 11.8 Å². The fraction of sp³-hybridized carbons (Fsp3) is 0.529. The Bertz CT molecular complexity index is 541. The first-order chi connectivity index (χ1) is 10.3. The van der Waals surface area contributed by atoms with Crippen molar-refractivity contribution in [3.05, 3.63) is 29.3 Å². The Morgan fingerprint density at radius 2 is 1.95 bits per heavy atom. The molecule has 5 heteroatoms. The maximum absolute atomic E-state index is 12.6. The van der Waals surface area contributed by atoms with Gasteiger partial charge in [-0.2, -0.15) is 0 Å². The minimum Gasteiger partial charge on any atom is -0.496 e. The molecule has 122 valence electrons. The van der Waals surface area contributed by atoms with Crippen molar-refractivity contribution in [3.8, 4) is 5.75 Å². The highest BCUT2D eigenvalue weighted by atomic mass is 16.5. The van der Waals surface area contributed by atoms with E-state index in [9.17, 15) is 9.59 Å². The minimum absolute atomic E-state index is 0.0262. The van der Waals surface area contributed by atoms with Crippen LogP contribution in [0.1, 0.15) is 31.9 Å². The van der Waals surface area contributed by atoms with Gasteiger partial charge in [-0.15, -0.1) is 0 Å². The molecule has 0 saturated carbocycles. The Morgan fingerprint density at radius 3 is 2.45 bits per heavy atom. The number of hydrogen-bond donors (Lipinski definition) is 1. The van der Waals surface area contributed by atoms with E-state index in [4.69, 9.17) is 4.74 Å². The summed E-state index contributed by atoms with van der Waals surface area (Å²) in [5.74, 6) is 0.478. The number of amides is 2. The Labute approximate surface area is 132 Å². The van der Waals surface area contributed by atoms with Gasteiger partial charge in [-0.25, -0.2) is 0 Å². The van der Waals surface area contributed by atoms with Crippen LogP contribution in [0.15, 0.2) is 18.2 Å². The van der Waals surface area contributed by atoms with Crippen LogP contribution in [0.2, 0.25) is 0 Å². The smallest absolute Gasteiger partial charge is 0.245 e. The van der Waals surface area contributed by atoms with E-state index in [1.807, 2.05) is 39.0 Å². The minimum atomic E-state index is -0.515. The molecule has 1 aromatic carbocycles. The van der Waals surface area contributed by atoms with Crippen LogP contribution in [0.5, 0.6) is 5.75 Å². The maximum atomic E-state index is 12.6. The summed E-state index contributed by atoms with van der Waals surface area (Å²) in [5, 5.41) is 2.72. The molecular weight excluding hydrogens is 280 g/mol. The molecule has 0 fully saturated rings. The standard InChI is InChI=1S/C17H26N2O3/c1-11(2)16(18-13(4)20)17(21)19(5)10-14-9-12(3)7-8-15(14)22-6/h7-9,11,16H,10H2,1-6H3,(H,18,20). The molecule has 1 unspecified atom stereocenters. The van der Waals surface area contributed by atoms with Gasteiger partial charge < -0.3 is 15.0 Å². The summed E-state index contributed by atoms with van der Waals surface area (Å²) in [4.78, 5) is 25.5. The van der Waals surface area contributed by atoms with Crippen LogP contribution in [0, 0.1) is 12.8 Å². The van der Waals surface area contributed by atoms with Crippen molar-refractivity contribution in [2.24, 2.45) is 5.92 Å². The molecule has 0 heterocycles. The van der Waals surface area contributed by atoms with Gasteiger partial charge >= 0.3 is 0 Å². The molecule has 0 aliphatic rings. The largest absolute Gasteiger partial charge is 0.496 e. The topological polar surface area (TPSA) is 58.6 Å². The lowest BCUT2D eigenvalue weighted by Crippen LogP contribution is -2.49. The van der Waals surface area contributed by atoms with E-state index in [1.165, 1.54) is 6.92 Å². The first kappa shape index (κ1) is 18.0. The number of aryl methyl sites for hydroxylation is 1. The number of carbonyl (C=O) groups is 2. The molecule has 2 amide bonds. The van der Waals surface area contributed by atoms with Crippen LogP contribution in [-0.2, 0) is 16.1 Å². The summed E-state index contributed by atoms with van der Waals surface area (Å²) >= 11 is 0. The van der Waals surface area contributed by atoms with Gasteiger partial charge in [0, 0.05) is 26.1 Å². The lowest BCUT2D eigenvalue weighted by molar-refractivity contribution is -0.136. The number of rotatable bonds is 6. The van der Waals surface area contributed by atoms with Crippen LogP contribution in [-0.4, -0.2) is 36.9 Å². The SMILES string of the molecule is COc1ccc(C)cc1CN(C)C(=O)C(NC(C)=O)C(C)C. The second-order valence-corrected chi connectivity index (χ2v) is 5.93. The highest BCUT2D eigenvalue weighted by Crippen LogP contribution is 2.21. The number of ether oxygens (including phenoxy) is 1. The zero-order valence-corrected chi connectivity index (χ0v) is 14.3. The van der Waals surface area contributed by atoms with Gasteiger partial charge in [0.1, 0.15) is 11.8 Å². The van der Waals surface area contributed by atoms with Gasteiger partial charge in [0.15, 0.2) is 0 Å². The number of methoxy groups -OCH3 is 1. The average Bonchev–Trinajstić information content (AvgIpc) is 2.43. The molecule has 0 spiro atoms. The van der Waals surface area contributed by atoms with Crippen molar-refractivity contribution in [1.29, 1.82) is 0 Å². The molecule has 0 radical (unpaired) electrons. The molecule has 0 bridgehead atoms. The predicted octanol–water partition coefficient (Wildman–Crippen LogP) is 2.12. The van der Waals surface area contributed by atoms with E-state index in [2.05, 4.69) is 5.32 Å². The van der Waals surface area contributed by atoms with E-state index >= 15 is 0 Å². The second kappa shape index (κ2) is 7.82. The summed E-state index contributed by atoms with van der Waals surface area (Å²) in [6.07, 6.45) is 0. The normalized spacial score (nSPS) is 12.0. The fourth-order valence-corrected chi connectivity index (χ4v) is 2.33. The van der Waals surface area contributed by atoms with E-state index in [0.717, 1.165) is 16.9 Å². The number of likely N-dealkylation sites (N-methyl/N-ethyl adjacent to an activating group) is 1. The number of nitrogens with zero attached hydrogens (tertiary/aromatic N) is 1. The Hall–Kier alpha value is -2.04. The molecular formula is C17H26N2O3. The van der Waals surface area contributed by atoms with Gasteiger partial charge in [-0.05, 0) is 18.9 Å². The fourth-order valence-electron chi connectivity index (χ4n) is 2.33. The first-order valence-corrected chi connectivity index (χ1v) is 7.41. The molecule has 0 saturated heterocycles. The Balaban J connectivity index is 2.91. The molecule has 0 aromatic heterocycles. The van der Waals surface area contributed by atoms with Crippen molar-refractivity contribution in [3.63, 3.8) is 0 Å². The Kier molecular flexibility index (Phi) is 6.40. The lowest BCUT2D eigenvalue weighted by atomic mass is 10.0. The van der Waals surface area contributed by atoms with Crippen LogP contribution in [0.4, 0.5) is 0 Å². The van der Waals surface area contributed by atoms with Gasteiger partial charge in [0.25, 0.3) is 0 Å². The molecule has 1 rings (SSSR count). The number of hydrogen-bond acceptors (Lipinski definition) is 3. The number of benzene rings is 1. The second-order valence-electron chi connectivity index (χ2n) is 5.93. The van der Waals surface area contributed by atoms with E-state index in [0.29, 0.717) is 6.54 Å². The van der Waals surface area contributed by atoms with Crippen LogP contribution < -0.4 is 10.1 Å². The third-order valence-electron chi connectivity index (χ3n) is 3.51. The van der Waals surface area contributed by atoms with E-state index in [1.54, 1.807) is 19.1 Å². The lowest BCUT2D eigenvalue weighted by Gasteiger charge is -2.27. The predicted molar refractivity (Wildman–Crippen MR) is 86.6 cm³/mol. The summed E-state index contributed by atoms with van der Waals surface area (Å²) < 4.78 is 5.35. The summed E-state index contributed by atoms with van der Waals surface area (Å²) in [6.45, 7) is 7.69. The van der Waals surface area contributed by atoms with Gasteiger partial charge in [-0.3, -0.25) is 9.59 Å². The third kappa shape index (κ3) is 4.76. The van der Waals surface area contributed by atoms with Gasteiger partial charge in [0.2, 0.25) is 11.8 Å². The zero-order chi connectivity index (χ0) is 16.9. The molecule has 0 aliphatic heterocycles. The maximum Gasteiger partial charge on any atom is 0.245 e. The highest BCUT2D eigenvalue weighted by molar-refractivity contribution is 5.87. The van der Waals surface area contributed by atoms with Crippen LogP contribution in [0.3, 0.4) is 0 Å². The van der Waals surface area contributed by atoms with Crippen molar-refractivity contribution in [2.45, 2.75) is 40.3 Å². The average molecular weight is 306 g/mol. The third-order valence-corrected chi connectivity index (χ3v) is 3.51. The first-order valence-electron chi connectivity index (χ1n) is 7.41. The van der Waals surface area contributed by atoms with E-state index in [-0.39, 0.29) is 17.7 Å². The van der Waals surface area contributed by atoms with Crippen LogP contribution >= 0.6 is 0 Å². The summed E-state index contributed by atoms with van der Waals surface area (Å²) in [7, 11) is 3.35. The summed E-state index contributed by atoms with van der Waals surface area (Å²) in [6, 6.07) is 5.36. The molecule has 1 N–H and O–H groups in total. The highest BCUT2D eigenvalue weighted by Gasteiger charge is 2.26. The molecule has 5 nitrogen and oxygen atoms in total. The van der Waals surface area contributed by atoms with Crippen molar-refractivity contribution < 1.29 is 14.3 Å². The van der Waals surface area contributed by atoms with E-state index < -0.39 is 6.04 Å². The van der Waals surface area contributed by atoms with Gasteiger partial charge in [-0.1, -0.05) is 31.5 Å². The van der Waals surface area contributed by atoms with Crippen molar-refractivity contribution in [1.82, 2.24) is 10.2 Å². The quantitative estimate of drug-likeness (QED) is 0.876. The molecule has 22 heavy (non-hydrogen) atoms. The van der Waals surface area contributed by atoms with Crippen LogP contribution in [0.25, 0.3) is 0 Å².